The van der Waals surface area contributed by atoms with Gasteiger partial charge in [-0.25, -0.2) is 0 Å². The second-order valence-corrected chi connectivity index (χ2v) is 6.46. The third kappa shape index (κ3) is 3.56. The molecule has 0 aliphatic carbocycles. The van der Waals surface area contributed by atoms with Crippen molar-refractivity contribution in [3.8, 4) is 17.2 Å². The Balaban J connectivity index is 1.42. The van der Waals surface area contributed by atoms with E-state index >= 15 is 0 Å². The number of hydrazone groups is 1. The molecule has 0 saturated heterocycles. The van der Waals surface area contributed by atoms with Gasteiger partial charge in [0.15, 0.2) is 16.7 Å². The summed E-state index contributed by atoms with van der Waals surface area (Å²) in [6, 6.07) is 13.8. The highest BCUT2D eigenvalue weighted by molar-refractivity contribution is 8.14. The molecule has 0 aromatic heterocycles. The van der Waals surface area contributed by atoms with Crippen molar-refractivity contribution in [1.29, 1.82) is 0 Å². The number of hydrogen-bond donors (Lipinski definition) is 1. The molecule has 2 aliphatic rings. The third-order valence-corrected chi connectivity index (χ3v) is 4.79. The summed E-state index contributed by atoms with van der Waals surface area (Å²) in [4.78, 5) is 4.58. The van der Waals surface area contributed by atoms with Crippen molar-refractivity contribution < 1.29 is 14.2 Å². The van der Waals surface area contributed by atoms with E-state index in [1.54, 1.807) is 18.9 Å². The minimum atomic E-state index is 0.284. The van der Waals surface area contributed by atoms with Gasteiger partial charge in [-0.3, -0.25) is 10.4 Å². The van der Waals surface area contributed by atoms with Gasteiger partial charge in [0.1, 0.15) is 5.75 Å². The zero-order chi connectivity index (χ0) is 17.1. The molecule has 0 unspecified atom stereocenters. The Bertz CT molecular complexity index is 851. The Morgan fingerprint density at radius 2 is 2.12 bits per heavy atom. The van der Waals surface area contributed by atoms with Crippen molar-refractivity contribution in [2.24, 2.45) is 10.1 Å². The number of methoxy groups -OCH3 is 1. The minimum Gasteiger partial charge on any atom is -0.497 e. The highest BCUT2D eigenvalue weighted by atomic mass is 32.2. The normalized spacial score (nSPS) is 17.2. The van der Waals surface area contributed by atoms with Crippen molar-refractivity contribution in [3.05, 3.63) is 53.6 Å². The fraction of sp³-hybridized carbons (Fsp3) is 0.222. The van der Waals surface area contributed by atoms with Crippen LogP contribution in [0.2, 0.25) is 0 Å². The quantitative estimate of drug-likeness (QED) is 0.913. The first-order valence-corrected chi connectivity index (χ1v) is 8.83. The fourth-order valence-corrected chi connectivity index (χ4v) is 3.32. The molecule has 0 saturated carbocycles. The smallest absolute Gasteiger partial charge is 0.231 e. The summed E-state index contributed by atoms with van der Waals surface area (Å²) in [5.74, 6) is 3.15. The lowest BCUT2D eigenvalue weighted by Crippen LogP contribution is -2.25. The van der Waals surface area contributed by atoms with Gasteiger partial charge in [0.05, 0.1) is 19.4 Å². The lowest BCUT2D eigenvalue weighted by atomic mass is 10.1. The monoisotopic (exact) mass is 355 g/mol. The van der Waals surface area contributed by atoms with E-state index in [-0.39, 0.29) is 6.79 Å². The van der Waals surface area contributed by atoms with Crippen LogP contribution in [0.4, 0.5) is 0 Å². The van der Waals surface area contributed by atoms with E-state index in [2.05, 4.69) is 15.5 Å². The first-order valence-electron chi connectivity index (χ1n) is 7.84. The molecule has 2 aromatic carbocycles. The van der Waals surface area contributed by atoms with Gasteiger partial charge in [-0.05, 0) is 29.8 Å². The summed E-state index contributed by atoms with van der Waals surface area (Å²) in [5, 5.41) is 5.25. The molecule has 2 aromatic rings. The molecule has 0 bridgehead atoms. The van der Waals surface area contributed by atoms with Crippen molar-refractivity contribution in [2.75, 3.05) is 19.7 Å². The van der Waals surface area contributed by atoms with Crippen molar-refractivity contribution in [1.82, 2.24) is 5.43 Å². The number of rotatable bonds is 4. The van der Waals surface area contributed by atoms with Crippen LogP contribution in [-0.2, 0) is 6.54 Å². The summed E-state index contributed by atoms with van der Waals surface area (Å²) in [5.41, 5.74) is 6.13. The lowest BCUT2D eigenvalue weighted by molar-refractivity contribution is 0.174. The van der Waals surface area contributed by atoms with Crippen LogP contribution in [0, 0.1) is 0 Å². The number of nitrogens with zero attached hydrogens (tertiary/aromatic N) is 2. The predicted octanol–water partition coefficient (Wildman–Crippen LogP) is 3.02. The van der Waals surface area contributed by atoms with Crippen LogP contribution in [0.25, 0.3) is 0 Å². The third-order valence-electron chi connectivity index (χ3n) is 3.88. The summed E-state index contributed by atoms with van der Waals surface area (Å²) in [6.07, 6.45) is 0. The Morgan fingerprint density at radius 3 is 2.96 bits per heavy atom. The Morgan fingerprint density at radius 1 is 1.20 bits per heavy atom. The second-order valence-electron chi connectivity index (χ2n) is 5.50. The van der Waals surface area contributed by atoms with Crippen LogP contribution >= 0.6 is 11.8 Å². The van der Waals surface area contributed by atoms with Crippen molar-refractivity contribution in [2.45, 2.75) is 6.54 Å². The molecule has 7 heteroatoms. The molecule has 0 amide bonds. The Kier molecular flexibility index (Phi) is 4.47. The lowest BCUT2D eigenvalue weighted by Gasteiger charge is -2.15. The van der Waals surface area contributed by atoms with E-state index in [1.165, 1.54) is 0 Å². The van der Waals surface area contributed by atoms with Crippen molar-refractivity contribution >= 4 is 22.6 Å². The predicted molar refractivity (Wildman–Crippen MR) is 98.8 cm³/mol. The van der Waals surface area contributed by atoms with Crippen LogP contribution in [-0.4, -0.2) is 30.5 Å². The molecule has 0 atom stereocenters. The number of aliphatic imine (C=N–C) groups is 1. The summed E-state index contributed by atoms with van der Waals surface area (Å²) in [6.45, 7) is 0.850. The van der Waals surface area contributed by atoms with Crippen LogP contribution in [0.15, 0.2) is 52.6 Å². The fourth-order valence-electron chi connectivity index (χ4n) is 2.55. The summed E-state index contributed by atoms with van der Waals surface area (Å²) in [7, 11) is 1.66. The number of fused-ring (bicyclic) bond motifs is 1. The van der Waals surface area contributed by atoms with Crippen LogP contribution in [0.3, 0.4) is 0 Å². The molecule has 0 radical (unpaired) electrons. The first-order chi connectivity index (χ1) is 12.3. The van der Waals surface area contributed by atoms with Gasteiger partial charge in [0, 0.05) is 11.3 Å². The molecular weight excluding hydrogens is 338 g/mol. The summed E-state index contributed by atoms with van der Waals surface area (Å²) < 4.78 is 16.0. The van der Waals surface area contributed by atoms with Crippen LogP contribution in [0.5, 0.6) is 17.2 Å². The average molecular weight is 355 g/mol. The topological polar surface area (TPSA) is 64.4 Å². The molecule has 2 aliphatic heterocycles. The molecule has 0 spiro atoms. The van der Waals surface area contributed by atoms with Crippen LogP contribution in [0.1, 0.15) is 11.1 Å². The van der Waals surface area contributed by atoms with Gasteiger partial charge in [0.25, 0.3) is 0 Å². The van der Waals surface area contributed by atoms with Gasteiger partial charge >= 0.3 is 0 Å². The number of hydrogen-bond acceptors (Lipinski definition) is 6. The summed E-state index contributed by atoms with van der Waals surface area (Å²) >= 11 is 1.64. The molecule has 6 nitrogen and oxygen atoms in total. The van der Waals surface area contributed by atoms with Gasteiger partial charge in [-0.2, -0.15) is 5.10 Å². The van der Waals surface area contributed by atoms with E-state index in [9.17, 15) is 0 Å². The highest BCUT2D eigenvalue weighted by Crippen LogP contribution is 2.32. The van der Waals surface area contributed by atoms with E-state index in [0.717, 1.165) is 45.0 Å². The molecule has 4 rings (SSSR count). The van der Waals surface area contributed by atoms with Crippen molar-refractivity contribution in [3.63, 3.8) is 0 Å². The molecule has 2 heterocycles. The number of benzene rings is 2. The first kappa shape index (κ1) is 15.8. The highest BCUT2D eigenvalue weighted by Gasteiger charge is 2.15. The zero-order valence-corrected chi connectivity index (χ0v) is 14.5. The zero-order valence-electron chi connectivity index (χ0n) is 13.7. The molecule has 0 fully saturated rings. The molecule has 25 heavy (non-hydrogen) atoms. The van der Waals surface area contributed by atoms with Gasteiger partial charge in [-0.15, -0.1) is 0 Å². The minimum absolute atomic E-state index is 0.284. The standard InChI is InChI=1S/C18H17N3O3S/c1-22-14-4-2-3-13(8-14)15-10-25-18(21-20-15)19-9-12-5-6-16-17(7-12)24-11-23-16/h2-8H,9-11H2,1H3,(H,19,21). The molecular formula is C18H17N3O3S. The van der Waals surface area contributed by atoms with E-state index in [1.807, 2.05) is 42.5 Å². The maximum atomic E-state index is 5.39. The maximum Gasteiger partial charge on any atom is 0.231 e. The van der Waals surface area contributed by atoms with E-state index in [0.29, 0.717) is 6.54 Å². The van der Waals surface area contributed by atoms with Gasteiger partial charge in [-0.1, -0.05) is 30.0 Å². The largest absolute Gasteiger partial charge is 0.497 e. The number of ether oxygens (including phenoxy) is 3. The molecule has 128 valence electrons. The number of thioether (sulfide) groups is 1. The second kappa shape index (κ2) is 7.06. The Labute approximate surface area is 149 Å². The SMILES string of the molecule is COc1cccc(C2=NNC(=NCc3ccc4c(c3)OCO4)SC2)c1. The van der Waals surface area contributed by atoms with Crippen LogP contribution < -0.4 is 19.6 Å². The van der Waals surface area contributed by atoms with Gasteiger partial charge in [0.2, 0.25) is 6.79 Å². The number of nitrogens with one attached hydrogen (secondary N) is 1. The number of amidine groups is 1. The van der Waals surface area contributed by atoms with E-state index in [4.69, 9.17) is 14.2 Å². The van der Waals surface area contributed by atoms with E-state index < -0.39 is 0 Å². The Hall–Kier alpha value is -2.67. The average Bonchev–Trinajstić information content (AvgIpc) is 3.14. The maximum absolute atomic E-state index is 5.39. The van der Waals surface area contributed by atoms with Gasteiger partial charge < -0.3 is 14.2 Å². The molecule has 1 N–H and O–H groups in total.